The molecule has 0 bridgehead atoms. The lowest BCUT2D eigenvalue weighted by Gasteiger charge is -2.01. The van der Waals surface area contributed by atoms with Gasteiger partial charge in [0.25, 0.3) is 0 Å². The van der Waals surface area contributed by atoms with Crippen molar-refractivity contribution in [2.24, 2.45) is 0 Å². The number of thiophene rings is 1. The van der Waals surface area contributed by atoms with Crippen LogP contribution in [0.1, 0.15) is 15.2 Å². The Morgan fingerprint density at radius 2 is 2.22 bits per heavy atom. The molecular formula is C13H11NO3S. The summed E-state index contributed by atoms with van der Waals surface area (Å²) in [5.41, 5.74) is 8.17. The Hall–Kier alpha value is -2.01. The van der Waals surface area contributed by atoms with E-state index in [0.29, 0.717) is 12.3 Å². The van der Waals surface area contributed by atoms with Gasteiger partial charge in [-0.25, -0.2) is 4.79 Å². The van der Waals surface area contributed by atoms with Crippen LogP contribution in [-0.4, -0.2) is 17.7 Å². The summed E-state index contributed by atoms with van der Waals surface area (Å²) in [5, 5.41) is 8.99. The Labute approximate surface area is 108 Å². The minimum atomic E-state index is -0.978. The monoisotopic (exact) mass is 261 g/mol. The van der Waals surface area contributed by atoms with Crippen LogP contribution in [0.5, 0.6) is 5.75 Å². The summed E-state index contributed by atoms with van der Waals surface area (Å²) in [6.07, 6.45) is 0.899. The molecule has 0 fully saturated rings. The lowest BCUT2D eigenvalue weighted by Crippen LogP contribution is -1.96. The smallest absolute Gasteiger partial charge is 0.348 e. The van der Waals surface area contributed by atoms with E-state index in [4.69, 9.17) is 15.6 Å². The molecule has 4 nitrogen and oxygen atoms in total. The number of carboxylic acids is 1. The van der Waals surface area contributed by atoms with Crippen molar-refractivity contribution >= 4 is 23.0 Å². The highest BCUT2D eigenvalue weighted by Crippen LogP contribution is 2.36. The zero-order chi connectivity index (χ0) is 12.7. The van der Waals surface area contributed by atoms with Crippen LogP contribution in [0.3, 0.4) is 0 Å². The van der Waals surface area contributed by atoms with Gasteiger partial charge in [0.15, 0.2) is 0 Å². The summed E-state index contributed by atoms with van der Waals surface area (Å²) >= 11 is 1.20. The van der Waals surface area contributed by atoms with E-state index in [9.17, 15) is 4.79 Å². The summed E-state index contributed by atoms with van der Waals surface area (Å²) in [5.74, 6) is -0.0602. The predicted octanol–water partition coefficient (Wildman–Crippen LogP) is 2.63. The van der Waals surface area contributed by atoms with E-state index in [2.05, 4.69) is 0 Å². The first-order valence-electron chi connectivity index (χ1n) is 5.54. The van der Waals surface area contributed by atoms with Crippen LogP contribution in [0.2, 0.25) is 0 Å². The Morgan fingerprint density at radius 1 is 1.39 bits per heavy atom. The van der Waals surface area contributed by atoms with Gasteiger partial charge in [-0.1, -0.05) is 0 Å². The van der Waals surface area contributed by atoms with Gasteiger partial charge in [-0.2, -0.15) is 0 Å². The molecule has 1 aromatic carbocycles. The number of hydrogen-bond acceptors (Lipinski definition) is 4. The molecule has 92 valence electrons. The van der Waals surface area contributed by atoms with Crippen molar-refractivity contribution in [3.05, 3.63) is 34.7 Å². The maximum absolute atomic E-state index is 11.0. The highest BCUT2D eigenvalue weighted by molar-refractivity contribution is 7.17. The average molecular weight is 261 g/mol. The number of anilines is 1. The number of benzene rings is 1. The molecule has 0 aliphatic carbocycles. The number of hydrogen-bond donors (Lipinski definition) is 2. The maximum atomic E-state index is 11.0. The van der Waals surface area contributed by atoms with Crippen LogP contribution in [0, 0.1) is 0 Å². The van der Waals surface area contributed by atoms with E-state index >= 15 is 0 Å². The normalized spacial score (nSPS) is 13.1. The van der Waals surface area contributed by atoms with Gasteiger partial charge in [-0.3, -0.25) is 0 Å². The van der Waals surface area contributed by atoms with Crippen LogP contribution >= 0.6 is 11.3 Å². The molecule has 1 aromatic heterocycles. The number of ether oxygens (including phenoxy) is 1. The second-order valence-electron chi connectivity index (χ2n) is 4.12. The van der Waals surface area contributed by atoms with Crippen molar-refractivity contribution in [3.63, 3.8) is 0 Å². The Morgan fingerprint density at radius 3 is 2.94 bits per heavy atom. The van der Waals surface area contributed by atoms with Crippen molar-refractivity contribution in [3.8, 4) is 16.2 Å². The fraction of sp³-hybridized carbons (Fsp3) is 0.154. The first kappa shape index (κ1) is 11.1. The minimum Gasteiger partial charge on any atom is -0.493 e. The summed E-state index contributed by atoms with van der Waals surface area (Å²) in [7, 11) is 0. The summed E-state index contributed by atoms with van der Waals surface area (Å²) < 4.78 is 5.44. The number of fused-ring (bicyclic) bond motifs is 1. The summed E-state index contributed by atoms with van der Waals surface area (Å²) in [4.78, 5) is 12.0. The molecule has 2 aromatic rings. The van der Waals surface area contributed by atoms with Crippen LogP contribution in [-0.2, 0) is 6.42 Å². The Kier molecular flexibility index (Phi) is 2.48. The standard InChI is InChI=1S/C13H11NO3S/c14-9-6-11(18-12(9)13(15)16)8-1-2-10-7(5-8)3-4-17-10/h1-2,5-6H,3-4,14H2,(H,15,16). The summed E-state index contributed by atoms with van der Waals surface area (Å²) in [6, 6.07) is 7.61. The number of aromatic carboxylic acids is 1. The molecule has 0 radical (unpaired) electrons. The van der Waals surface area contributed by atoms with Crippen molar-refractivity contribution in [1.82, 2.24) is 0 Å². The molecule has 0 saturated carbocycles. The van der Waals surface area contributed by atoms with Gasteiger partial charge < -0.3 is 15.6 Å². The molecule has 0 unspecified atom stereocenters. The number of nitrogens with two attached hydrogens (primary N) is 1. The predicted molar refractivity (Wildman–Crippen MR) is 70.3 cm³/mol. The van der Waals surface area contributed by atoms with Gasteiger partial charge in [0, 0.05) is 11.3 Å². The van der Waals surface area contributed by atoms with Gasteiger partial charge in [0.05, 0.1) is 12.3 Å². The highest BCUT2D eigenvalue weighted by Gasteiger charge is 2.16. The van der Waals surface area contributed by atoms with E-state index < -0.39 is 5.97 Å². The number of carbonyl (C=O) groups is 1. The second kappa shape index (κ2) is 4.03. The van der Waals surface area contributed by atoms with Gasteiger partial charge in [0.2, 0.25) is 0 Å². The molecular weight excluding hydrogens is 250 g/mol. The lowest BCUT2D eigenvalue weighted by molar-refractivity contribution is 0.0703. The van der Waals surface area contributed by atoms with Crippen LogP contribution in [0.4, 0.5) is 5.69 Å². The molecule has 3 rings (SSSR count). The quantitative estimate of drug-likeness (QED) is 0.871. The SMILES string of the molecule is Nc1cc(-c2ccc3c(c2)CCO3)sc1C(=O)O. The van der Waals surface area contributed by atoms with E-state index in [1.165, 1.54) is 11.3 Å². The van der Waals surface area contributed by atoms with Gasteiger partial charge >= 0.3 is 5.97 Å². The molecule has 0 saturated heterocycles. The second-order valence-corrected chi connectivity index (χ2v) is 5.17. The lowest BCUT2D eigenvalue weighted by atomic mass is 10.1. The largest absolute Gasteiger partial charge is 0.493 e. The molecule has 18 heavy (non-hydrogen) atoms. The fourth-order valence-electron chi connectivity index (χ4n) is 2.05. The molecule has 3 N–H and O–H groups in total. The van der Waals surface area contributed by atoms with Gasteiger partial charge in [-0.15, -0.1) is 11.3 Å². The highest BCUT2D eigenvalue weighted by atomic mass is 32.1. The molecule has 1 aliphatic heterocycles. The number of rotatable bonds is 2. The first-order valence-corrected chi connectivity index (χ1v) is 6.35. The molecule has 1 aliphatic rings. The maximum Gasteiger partial charge on any atom is 0.348 e. The van der Waals surface area contributed by atoms with Crippen LogP contribution < -0.4 is 10.5 Å². The average Bonchev–Trinajstić information content (AvgIpc) is 2.93. The van der Waals surface area contributed by atoms with E-state index in [1.54, 1.807) is 6.07 Å². The molecule has 0 atom stereocenters. The van der Waals surface area contributed by atoms with Crippen molar-refractivity contribution in [2.45, 2.75) is 6.42 Å². The van der Waals surface area contributed by atoms with Gasteiger partial charge in [0.1, 0.15) is 10.6 Å². The van der Waals surface area contributed by atoms with Crippen molar-refractivity contribution in [1.29, 1.82) is 0 Å². The van der Waals surface area contributed by atoms with Crippen LogP contribution in [0.15, 0.2) is 24.3 Å². The minimum absolute atomic E-state index is 0.196. The molecule has 0 amide bonds. The Balaban J connectivity index is 2.05. The fourth-order valence-corrected chi connectivity index (χ4v) is 2.97. The Bertz CT molecular complexity index is 633. The summed E-state index contributed by atoms with van der Waals surface area (Å²) in [6.45, 7) is 0.714. The van der Waals surface area contributed by atoms with E-state index in [-0.39, 0.29) is 4.88 Å². The first-order chi connectivity index (χ1) is 8.65. The number of carboxylic acid groups (broad SMARTS) is 1. The topological polar surface area (TPSA) is 72.5 Å². The van der Waals surface area contributed by atoms with E-state index in [1.807, 2.05) is 18.2 Å². The zero-order valence-electron chi connectivity index (χ0n) is 9.47. The third-order valence-electron chi connectivity index (χ3n) is 2.93. The van der Waals surface area contributed by atoms with Crippen LogP contribution in [0.25, 0.3) is 10.4 Å². The van der Waals surface area contributed by atoms with Crippen molar-refractivity contribution < 1.29 is 14.6 Å². The van der Waals surface area contributed by atoms with Crippen molar-refractivity contribution in [2.75, 3.05) is 12.3 Å². The molecule has 0 spiro atoms. The number of nitrogen functional groups attached to an aromatic ring is 1. The zero-order valence-corrected chi connectivity index (χ0v) is 10.3. The van der Waals surface area contributed by atoms with E-state index in [0.717, 1.165) is 28.2 Å². The molecule has 5 heteroatoms. The molecule has 2 heterocycles. The third-order valence-corrected chi connectivity index (χ3v) is 4.12. The van der Waals surface area contributed by atoms with Gasteiger partial charge in [-0.05, 0) is 35.4 Å². The third kappa shape index (κ3) is 1.73.